The number of rotatable bonds is 6. The van der Waals surface area contributed by atoms with Crippen LogP contribution >= 0.6 is 0 Å². The summed E-state index contributed by atoms with van der Waals surface area (Å²) in [6, 6.07) is -1.21. The highest BCUT2D eigenvalue weighted by Gasteiger charge is 2.45. The molecule has 1 aliphatic rings. The van der Waals surface area contributed by atoms with Gasteiger partial charge in [-0.1, -0.05) is 20.8 Å². The van der Waals surface area contributed by atoms with Gasteiger partial charge >= 0.3 is 11.9 Å². The molecule has 1 saturated carbocycles. The quantitative estimate of drug-likeness (QED) is 0.627. The summed E-state index contributed by atoms with van der Waals surface area (Å²) >= 11 is 0. The lowest BCUT2D eigenvalue weighted by Crippen LogP contribution is -2.56. The summed E-state index contributed by atoms with van der Waals surface area (Å²) in [5.41, 5.74) is 4.13. The van der Waals surface area contributed by atoms with Crippen LogP contribution in [0.2, 0.25) is 0 Å². The van der Waals surface area contributed by atoms with E-state index in [1.54, 1.807) is 0 Å². The Hall–Kier alpha value is -1.63. The molecule has 1 rings (SSSR count). The molecular formula is C16H28N2O5. The number of carboxylic acids is 1. The van der Waals surface area contributed by atoms with Crippen LogP contribution in [0, 0.1) is 11.3 Å². The Labute approximate surface area is 136 Å². The van der Waals surface area contributed by atoms with Gasteiger partial charge in [-0.05, 0) is 32.6 Å². The third-order valence-corrected chi connectivity index (χ3v) is 4.44. The van der Waals surface area contributed by atoms with Gasteiger partial charge in [0.15, 0.2) is 0 Å². The van der Waals surface area contributed by atoms with Crippen LogP contribution in [0.5, 0.6) is 0 Å². The van der Waals surface area contributed by atoms with E-state index in [0.717, 1.165) is 12.8 Å². The molecule has 4 N–H and O–H groups in total. The highest BCUT2D eigenvalue weighted by molar-refractivity contribution is 5.91. The molecule has 0 aromatic carbocycles. The molecule has 1 amide bonds. The van der Waals surface area contributed by atoms with Crippen LogP contribution in [0.3, 0.4) is 0 Å². The van der Waals surface area contributed by atoms with Gasteiger partial charge in [0.2, 0.25) is 5.91 Å². The third-order valence-electron chi connectivity index (χ3n) is 4.44. The second kappa shape index (κ2) is 6.86. The Morgan fingerprint density at radius 2 is 1.96 bits per heavy atom. The fraction of sp³-hybridized carbons (Fsp3) is 0.812. The standard InChI is InChI=1S/C16H28N2O5/c1-9-6-7-15(2,3)12(9)23-14(22)16(4,5)18-13(21)10(17)8-11(19)20/h9-10,12H,6-8,17H2,1-5H3,(H,18,21)(H,19,20)/t9?,10-,12?/m0/s1. The number of aliphatic carboxylic acids is 1. The van der Waals surface area contributed by atoms with E-state index < -0.39 is 35.8 Å². The molecule has 7 heteroatoms. The Bertz CT molecular complexity index is 487. The minimum Gasteiger partial charge on any atom is -0.481 e. The number of amides is 1. The van der Waals surface area contributed by atoms with Gasteiger partial charge in [0, 0.05) is 5.41 Å². The smallest absolute Gasteiger partial charge is 0.331 e. The summed E-state index contributed by atoms with van der Waals surface area (Å²) in [6.07, 6.45) is 1.26. The number of esters is 1. The van der Waals surface area contributed by atoms with E-state index in [0.29, 0.717) is 0 Å². The summed E-state index contributed by atoms with van der Waals surface area (Å²) in [7, 11) is 0. The zero-order valence-electron chi connectivity index (χ0n) is 14.5. The van der Waals surface area contributed by atoms with Crippen molar-refractivity contribution in [3.05, 3.63) is 0 Å². The summed E-state index contributed by atoms with van der Waals surface area (Å²) < 4.78 is 5.65. The van der Waals surface area contributed by atoms with E-state index in [1.165, 1.54) is 13.8 Å². The lowest BCUT2D eigenvalue weighted by molar-refractivity contribution is -0.164. The maximum absolute atomic E-state index is 12.4. The van der Waals surface area contributed by atoms with E-state index in [-0.39, 0.29) is 17.4 Å². The number of nitrogens with one attached hydrogen (secondary N) is 1. The average molecular weight is 328 g/mol. The Morgan fingerprint density at radius 1 is 1.39 bits per heavy atom. The zero-order chi connectivity index (χ0) is 18.0. The molecule has 0 saturated heterocycles. The molecule has 0 bridgehead atoms. The molecule has 0 radical (unpaired) electrons. The van der Waals surface area contributed by atoms with Crippen LogP contribution in [0.25, 0.3) is 0 Å². The van der Waals surface area contributed by atoms with Gasteiger partial charge in [-0.2, -0.15) is 0 Å². The van der Waals surface area contributed by atoms with Crippen LogP contribution < -0.4 is 11.1 Å². The lowest BCUT2D eigenvalue weighted by atomic mass is 9.87. The normalized spacial score (nSPS) is 24.8. The highest BCUT2D eigenvalue weighted by Crippen LogP contribution is 2.43. The van der Waals surface area contributed by atoms with Crippen molar-refractivity contribution in [2.75, 3.05) is 0 Å². The molecule has 0 aliphatic heterocycles. The van der Waals surface area contributed by atoms with Gasteiger partial charge in [0.25, 0.3) is 0 Å². The van der Waals surface area contributed by atoms with Crippen LogP contribution in [-0.4, -0.2) is 40.6 Å². The number of nitrogens with two attached hydrogens (primary N) is 1. The van der Waals surface area contributed by atoms with Crippen molar-refractivity contribution in [2.45, 2.75) is 71.6 Å². The minimum atomic E-state index is -1.27. The molecule has 2 unspecified atom stereocenters. The molecule has 7 nitrogen and oxygen atoms in total. The maximum atomic E-state index is 12.4. The molecule has 0 aromatic rings. The number of carbonyl (C=O) groups is 3. The fourth-order valence-electron chi connectivity index (χ4n) is 2.93. The van der Waals surface area contributed by atoms with E-state index >= 15 is 0 Å². The van der Waals surface area contributed by atoms with Crippen LogP contribution in [0.4, 0.5) is 0 Å². The van der Waals surface area contributed by atoms with Crippen molar-refractivity contribution in [1.82, 2.24) is 5.32 Å². The summed E-state index contributed by atoms with van der Waals surface area (Å²) in [6.45, 7) is 9.20. The Kier molecular flexibility index (Phi) is 5.79. The maximum Gasteiger partial charge on any atom is 0.331 e. The largest absolute Gasteiger partial charge is 0.481 e. The zero-order valence-corrected chi connectivity index (χ0v) is 14.5. The van der Waals surface area contributed by atoms with Gasteiger partial charge in [-0.15, -0.1) is 0 Å². The van der Waals surface area contributed by atoms with Crippen molar-refractivity contribution >= 4 is 17.8 Å². The lowest BCUT2D eigenvalue weighted by Gasteiger charge is -2.33. The number of carbonyl (C=O) groups excluding carboxylic acids is 2. The summed E-state index contributed by atoms with van der Waals surface area (Å²) in [5, 5.41) is 11.1. The average Bonchev–Trinajstić information content (AvgIpc) is 2.64. The van der Waals surface area contributed by atoms with Crippen molar-refractivity contribution in [3.8, 4) is 0 Å². The topological polar surface area (TPSA) is 119 Å². The monoisotopic (exact) mass is 328 g/mol. The van der Waals surface area contributed by atoms with Gasteiger partial charge < -0.3 is 20.9 Å². The third kappa shape index (κ3) is 4.92. The van der Waals surface area contributed by atoms with Crippen molar-refractivity contribution < 1.29 is 24.2 Å². The fourth-order valence-corrected chi connectivity index (χ4v) is 2.93. The molecule has 1 fully saturated rings. The van der Waals surface area contributed by atoms with Crippen molar-refractivity contribution in [2.24, 2.45) is 17.1 Å². The summed E-state index contributed by atoms with van der Waals surface area (Å²) in [5.74, 6) is -2.14. The van der Waals surface area contributed by atoms with E-state index in [4.69, 9.17) is 15.6 Å². The highest BCUT2D eigenvalue weighted by atomic mass is 16.5. The van der Waals surface area contributed by atoms with Gasteiger partial charge in [-0.25, -0.2) is 4.79 Å². The second-order valence-corrected chi connectivity index (χ2v) is 7.65. The van der Waals surface area contributed by atoms with Crippen molar-refractivity contribution in [1.29, 1.82) is 0 Å². The SMILES string of the molecule is CC1CCC(C)(C)C1OC(=O)C(C)(C)NC(=O)[C@@H](N)CC(=O)O. The number of carboxylic acid groups (broad SMARTS) is 1. The number of ether oxygens (including phenoxy) is 1. The first-order valence-corrected chi connectivity index (χ1v) is 7.87. The number of hydrogen-bond acceptors (Lipinski definition) is 5. The summed E-state index contributed by atoms with van der Waals surface area (Å²) in [4.78, 5) is 35.0. The van der Waals surface area contributed by atoms with Crippen LogP contribution in [0.1, 0.15) is 53.9 Å². The predicted molar refractivity (Wildman–Crippen MR) is 84.5 cm³/mol. The first kappa shape index (κ1) is 19.4. The predicted octanol–water partition coefficient (Wildman–Crippen LogP) is 1.05. The van der Waals surface area contributed by atoms with Gasteiger partial charge in [0.05, 0.1) is 12.5 Å². The Morgan fingerprint density at radius 3 is 2.39 bits per heavy atom. The van der Waals surface area contributed by atoms with E-state index in [1.807, 2.05) is 6.92 Å². The second-order valence-electron chi connectivity index (χ2n) is 7.65. The van der Waals surface area contributed by atoms with E-state index in [2.05, 4.69) is 19.2 Å². The first-order chi connectivity index (χ1) is 10.4. The number of hydrogen-bond donors (Lipinski definition) is 3. The van der Waals surface area contributed by atoms with Gasteiger partial charge in [-0.3, -0.25) is 9.59 Å². The molecule has 3 atom stereocenters. The van der Waals surface area contributed by atoms with Crippen LogP contribution in [0.15, 0.2) is 0 Å². The molecule has 132 valence electrons. The van der Waals surface area contributed by atoms with E-state index in [9.17, 15) is 14.4 Å². The minimum absolute atomic E-state index is 0.102. The molecular weight excluding hydrogens is 300 g/mol. The molecule has 0 spiro atoms. The van der Waals surface area contributed by atoms with Crippen molar-refractivity contribution in [3.63, 3.8) is 0 Å². The molecule has 0 aromatic heterocycles. The molecule has 1 aliphatic carbocycles. The van der Waals surface area contributed by atoms with Gasteiger partial charge in [0.1, 0.15) is 11.6 Å². The molecule has 23 heavy (non-hydrogen) atoms. The first-order valence-electron chi connectivity index (χ1n) is 7.87. The Balaban J connectivity index is 2.70. The van der Waals surface area contributed by atoms with Crippen LogP contribution in [-0.2, 0) is 19.1 Å². The molecule has 0 heterocycles.